The second kappa shape index (κ2) is 6.97. The van der Waals surface area contributed by atoms with Crippen LogP contribution in [0.3, 0.4) is 0 Å². The molecule has 0 aromatic heterocycles. The Hall–Kier alpha value is -1.24. The Bertz CT molecular complexity index is 453. The molecule has 0 radical (unpaired) electrons. The topological polar surface area (TPSA) is 3.24 Å². The first-order valence-corrected chi connectivity index (χ1v) is 8.10. The molecule has 20 heavy (non-hydrogen) atoms. The van der Waals surface area contributed by atoms with Crippen molar-refractivity contribution in [2.24, 2.45) is 5.92 Å². The second-order valence-corrected chi connectivity index (χ2v) is 6.40. The van der Waals surface area contributed by atoms with Crippen molar-refractivity contribution in [1.29, 1.82) is 0 Å². The van der Waals surface area contributed by atoms with Crippen LogP contribution in [0, 0.1) is 5.92 Å². The van der Waals surface area contributed by atoms with Gasteiger partial charge in [-0.25, -0.2) is 0 Å². The number of hydrogen-bond donors (Lipinski definition) is 0. The normalized spacial score (nSPS) is 16.1. The predicted molar refractivity (Wildman–Crippen MR) is 90.4 cm³/mol. The summed E-state index contributed by atoms with van der Waals surface area (Å²) in [5.74, 6) is 0.891. The smallest absolute Gasteiger partial charge is 0.0399 e. The molecule has 1 aliphatic carbocycles. The average molecular weight is 271 g/mol. The van der Waals surface area contributed by atoms with Crippen molar-refractivity contribution in [3.05, 3.63) is 35.9 Å². The quantitative estimate of drug-likeness (QED) is 0.702. The molecule has 0 bridgehead atoms. The van der Waals surface area contributed by atoms with Crippen molar-refractivity contribution < 1.29 is 0 Å². The summed E-state index contributed by atoms with van der Waals surface area (Å²) in [5.41, 5.74) is 5.41. The summed E-state index contributed by atoms with van der Waals surface area (Å²) in [7, 11) is 4.30. The van der Waals surface area contributed by atoms with Gasteiger partial charge in [0.1, 0.15) is 0 Å². The van der Waals surface area contributed by atoms with Gasteiger partial charge in [-0.05, 0) is 41.5 Å². The number of allylic oxidation sites excluding steroid dienone is 1. The molecule has 1 saturated carbocycles. The third-order valence-electron chi connectivity index (χ3n) is 4.64. The lowest BCUT2D eigenvalue weighted by Gasteiger charge is -2.25. The van der Waals surface area contributed by atoms with E-state index in [9.17, 15) is 0 Å². The summed E-state index contributed by atoms with van der Waals surface area (Å²) in [6.45, 7) is 6.34. The van der Waals surface area contributed by atoms with Gasteiger partial charge in [-0.3, -0.25) is 0 Å². The molecule has 0 atom stereocenters. The van der Waals surface area contributed by atoms with E-state index >= 15 is 0 Å². The van der Waals surface area contributed by atoms with Crippen molar-refractivity contribution >= 4 is 11.3 Å². The van der Waals surface area contributed by atoms with E-state index in [0.29, 0.717) is 0 Å². The molecule has 0 spiro atoms. The highest BCUT2D eigenvalue weighted by Gasteiger charge is 2.16. The van der Waals surface area contributed by atoms with E-state index in [1.807, 2.05) is 0 Å². The molecule has 1 aliphatic rings. The molecule has 0 saturated heterocycles. The van der Waals surface area contributed by atoms with Gasteiger partial charge in [0, 0.05) is 19.8 Å². The maximum absolute atomic E-state index is 4.17. The van der Waals surface area contributed by atoms with E-state index in [2.05, 4.69) is 50.7 Å². The average Bonchev–Trinajstić information content (AvgIpc) is 2.47. The molecule has 1 fully saturated rings. The highest BCUT2D eigenvalue weighted by Crippen LogP contribution is 2.32. The van der Waals surface area contributed by atoms with Gasteiger partial charge in [0.2, 0.25) is 0 Å². The number of rotatable bonds is 5. The van der Waals surface area contributed by atoms with E-state index < -0.39 is 0 Å². The standard InChI is InChI=1S/C19H29N/c1-5-15(2)17-11-12-18(19(14-17)20(3)4)13-16-9-7-6-8-10-16/h11-12,14,16H,2,5-10,13H2,1,3-4H3. The van der Waals surface area contributed by atoms with Gasteiger partial charge < -0.3 is 4.90 Å². The molecule has 0 unspecified atom stereocenters. The van der Waals surface area contributed by atoms with Gasteiger partial charge in [0.25, 0.3) is 0 Å². The van der Waals surface area contributed by atoms with Gasteiger partial charge in [-0.1, -0.05) is 57.7 Å². The van der Waals surface area contributed by atoms with E-state index in [4.69, 9.17) is 0 Å². The fraction of sp³-hybridized carbons (Fsp3) is 0.579. The molecule has 0 amide bonds. The molecule has 1 aromatic rings. The molecule has 0 aliphatic heterocycles. The largest absolute Gasteiger partial charge is 0.377 e. The zero-order valence-electron chi connectivity index (χ0n) is 13.4. The van der Waals surface area contributed by atoms with Crippen molar-refractivity contribution in [3.63, 3.8) is 0 Å². The monoisotopic (exact) mass is 271 g/mol. The van der Waals surface area contributed by atoms with Crippen LogP contribution >= 0.6 is 0 Å². The molecule has 110 valence electrons. The van der Waals surface area contributed by atoms with Crippen LogP contribution in [-0.2, 0) is 6.42 Å². The Kier molecular flexibility index (Phi) is 5.28. The van der Waals surface area contributed by atoms with Crippen LogP contribution in [0.25, 0.3) is 5.57 Å². The highest BCUT2D eigenvalue weighted by atomic mass is 15.1. The minimum absolute atomic E-state index is 0.891. The van der Waals surface area contributed by atoms with E-state index in [1.165, 1.54) is 60.9 Å². The van der Waals surface area contributed by atoms with E-state index in [-0.39, 0.29) is 0 Å². The van der Waals surface area contributed by atoms with Crippen LogP contribution in [-0.4, -0.2) is 14.1 Å². The molecule has 0 heterocycles. The van der Waals surface area contributed by atoms with Crippen molar-refractivity contribution in [2.45, 2.75) is 51.9 Å². The summed E-state index contributed by atoms with van der Waals surface area (Å²) in [6.07, 6.45) is 9.37. The van der Waals surface area contributed by atoms with Crippen LogP contribution in [0.1, 0.15) is 56.6 Å². The van der Waals surface area contributed by atoms with Crippen molar-refractivity contribution in [1.82, 2.24) is 0 Å². The fourth-order valence-electron chi connectivity index (χ4n) is 3.28. The summed E-state index contributed by atoms with van der Waals surface area (Å²) >= 11 is 0. The number of anilines is 1. The Balaban J connectivity index is 2.20. The summed E-state index contributed by atoms with van der Waals surface area (Å²) < 4.78 is 0. The van der Waals surface area contributed by atoms with Gasteiger partial charge in [0.15, 0.2) is 0 Å². The Labute approximate surface area is 124 Å². The lowest BCUT2D eigenvalue weighted by molar-refractivity contribution is 0.357. The third kappa shape index (κ3) is 3.65. The Morgan fingerprint density at radius 2 is 1.90 bits per heavy atom. The molecule has 2 rings (SSSR count). The van der Waals surface area contributed by atoms with Gasteiger partial charge in [-0.2, -0.15) is 0 Å². The molecule has 1 aromatic carbocycles. The van der Waals surface area contributed by atoms with Crippen molar-refractivity contribution in [3.8, 4) is 0 Å². The zero-order valence-corrected chi connectivity index (χ0v) is 13.4. The van der Waals surface area contributed by atoms with E-state index in [1.54, 1.807) is 0 Å². The van der Waals surface area contributed by atoms with Crippen molar-refractivity contribution in [2.75, 3.05) is 19.0 Å². The number of hydrogen-bond acceptors (Lipinski definition) is 1. The first-order valence-electron chi connectivity index (χ1n) is 8.10. The first-order chi connectivity index (χ1) is 9.61. The Morgan fingerprint density at radius 1 is 1.20 bits per heavy atom. The molecule has 1 heteroatoms. The molecule has 1 nitrogen and oxygen atoms in total. The fourth-order valence-corrected chi connectivity index (χ4v) is 3.28. The minimum Gasteiger partial charge on any atom is -0.377 e. The van der Waals surface area contributed by atoms with Gasteiger partial charge in [0.05, 0.1) is 0 Å². The SMILES string of the molecule is C=C(CC)c1ccc(CC2CCCCC2)c(N(C)C)c1. The van der Waals surface area contributed by atoms with Gasteiger partial charge in [-0.15, -0.1) is 0 Å². The maximum Gasteiger partial charge on any atom is 0.0399 e. The molecular formula is C19H29N. The molecular weight excluding hydrogens is 242 g/mol. The number of nitrogens with zero attached hydrogens (tertiary/aromatic N) is 1. The summed E-state index contributed by atoms with van der Waals surface area (Å²) in [6, 6.07) is 6.92. The lowest BCUT2D eigenvalue weighted by atomic mass is 9.84. The van der Waals surface area contributed by atoms with Crippen LogP contribution in [0.4, 0.5) is 5.69 Å². The lowest BCUT2D eigenvalue weighted by Crippen LogP contribution is -2.15. The molecule has 0 N–H and O–H groups in total. The van der Waals surface area contributed by atoms with Crippen LogP contribution < -0.4 is 4.90 Å². The highest BCUT2D eigenvalue weighted by molar-refractivity contribution is 5.69. The first kappa shape index (κ1) is 15.2. The Morgan fingerprint density at radius 3 is 2.50 bits per heavy atom. The second-order valence-electron chi connectivity index (χ2n) is 6.40. The number of benzene rings is 1. The minimum atomic E-state index is 0.891. The van der Waals surface area contributed by atoms with Gasteiger partial charge >= 0.3 is 0 Å². The van der Waals surface area contributed by atoms with E-state index in [0.717, 1.165) is 12.3 Å². The van der Waals surface area contributed by atoms with Crippen LogP contribution in [0.2, 0.25) is 0 Å². The predicted octanol–water partition coefficient (Wildman–Crippen LogP) is 5.30. The maximum atomic E-state index is 4.17. The van der Waals surface area contributed by atoms with Crippen LogP contribution in [0.15, 0.2) is 24.8 Å². The van der Waals surface area contributed by atoms with Crippen LogP contribution in [0.5, 0.6) is 0 Å². The summed E-state index contributed by atoms with van der Waals surface area (Å²) in [4.78, 5) is 2.25. The summed E-state index contributed by atoms with van der Waals surface area (Å²) in [5, 5.41) is 0. The third-order valence-corrected chi connectivity index (χ3v) is 4.64. The zero-order chi connectivity index (χ0) is 14.5.